The van der Waals surface area contributed by atoms with E-state index in [0.29, 0.717) is 5.41 Å². The molecular formula is C39H70O2. The predicted molar refractivity (Wildman–Crippen MR) is 174 cm³/mol. The van der Waals surface area contributed by atoms with E-state index in [0.717, 1.165) is 90.8 Å². The molecule has 5 saturated carbocycles. The second-order valence-corrected chi connectivity index (χ2v) is 17.5. The van der Waals surface area contributed by atoms with E-state index in [1.54, 1.807) is 0 Å². The first kappa shape index (κ1) is 32.3. The highest BCUT2D eigenvalue weighted by Crippen LogP contribution is 2.55. The lowest BCUT2D eigenvalue weighted by Crippen LogP contribution is -2.41. The van der Waals surface area contributed by atoms with Crippen molar-refractivity contribution in [3.63, 3.8) is 0 Å². The van der Waals surface area contributed by atoms with Gasteiger partial charge < -0.3 is 10.2 Å². The van der Waals surface area contributed by atoms with Crippen LogP contribution < -0.4 is 0 Å². The van der Waals surface area contributed by atoms with Crippen LogP contribution in [0.5, 0.6) is 0 Å². The molecule has 8 unspecified atom stereocenters. The minimum Gasteiger partial charge on any atom is -0.393 e. The van der Waals surface area contributed by atoms with Gasteiger partial charge in [0.15, 0.2) is 0 Å². The summed E-state index contributed by atoms with van der Waals surface area (Å²) < 4.78 is 0. The van der Waals surface area contributed by atoms with Gasteiger partial charge in [-0.2, -0.15) is 0 Å². The average Bonchev–Trinajstić information content (AvgIpc) is 2.96. The molecule has 0 aliphatic heterocycles. The Morgan fingerprint density at radius 1 is 0.537 bits per heavy atom. The van der Waals surface area contributed by atoms with E-state index >= 15 is 0 Å². The lowest BCUT2D eigenvalue weighted by atomic mass is 9.55. The smallest absolute Gasteiger partial charge is 0.0540 e. The molecule has 0 saturated heterocycles. The zero-order valence-electron chi connectivity index (χ0n) is 28.0. The predicted octanol–water partition coefficient (Wildman–Crippen LogP) is 10.4. The van der Waals surface area contributed by atoms with Gasteiger partial charge in [-0.05, 0) is 167 Å². The molecule has 0 aromatic heterocycles. The zero-order valence-corrected chi connectivity index (χ0v) is 28.0. The summed E-state index contributed by atoms with van der Waals surface area (Å²) in [5, 5.41) is 20.6. The van der Waals surface area contributed by atoms with E-state index in [1.165, 1.54) is 103 Å². The molecule has 0 radical (unpaired) electrons. The maximum atomic E-state index is 10.3. The first-order valence-corrected chi connectivity index (χ1v) is 19.0. The third-order valence-corrected chi connectivity index (χ3v) is 15.1. The van der Waals surface area contributed by atoms with Crippen LogP contribution in [0, 0.1) is 70.5 Å². The quantitative estimate of drug-likeness (QED) is 0.305. The summed E-state index contributed by atoms with van der Waals surface area (Å²) in [5.41, 5.74) is 0.399. The Bertz CT molecular complexity index is 728. The van der Waals surface area contributed by atoms with Crippen LogP contribution in [0.3, 0.4) is 0 Å². The fourth-order valence-electron chi connectivity index (χ4n) is 11.7. The molecule has 238 valence electrons. The van der Waals surface area contributed by atoms with Crippen LogP contribution in [0.4, 0.5) is 0 Å². The van der Waals surface area contributed by atoms with Crippen molar-refractivity contribution in [3.05, 3.63) is 0 Å². The fraction of sp³-hybridized carbons (Fsp3) is 1.00. The summed E-state index contributed by atoms with van der Waals surface area (Å²) in [6.45, 7) is 12.8. The molecule has 2 N–H and O–H groups in total. The van der Waals surface area contributed by atoms with Gasteiger partial charge >= 0.3 is 0 Å². The molecule has 5 aliphatic carbocycles. The molecule has 5 rings (SSSR count). The zero-order chi connectivity index (χ0) is 29.1. The molecule has 8 atom stereocenters. The van der Waals surface area contributed by atoms with Gasteiger partial charge in [0.1, 0.15) is 0 Å². The largest absolute Gasteiger partial charge is 0.393 e. The van der Waals surface area contributed by atoms with E-state index in [1.807, 2.05) is 0 Å². The van der Waals surface area contributed by atoms with Gasteiger partial charge in [0.2, 0.25) is 0 Å². The van der Waals surface area contributed by atoms with Gasteiger partial charge in [0.25, 0.3) is 0 Å². The Morgan fingerprint density at radius 3 is 1.46 bits per heavy atom. The molecule has 0 aromatic carbocycles. The van der Waals surface area contributed by atoms with Gasteiger partial charge in [0.05, 0.1) is 12.2 Å². The molecule has 2 heteroatoms. The monoisotopic (exact) mass is 571 g/mol. The SMILES string of the molecule is CC1CCC(C(C2CCCC(CCC(C)(C3CCC(O)CC3)C3CCC(O)CC3)C2)C2CCC(C)C(C)C2)CC1C. The van der Waals surface area contributed by atoms with Crippen LogP contribution in [-0.4, -0.2) is 22.4 Å². The number of hydrogen-bond acceptors (Lipinski definition) is 2. The van der Waals surface area contributed by atoms with Gasteiger partial charge in [-0.15, -0.1) is 0 Å². The van der Waals surface area contributed by atoms with Gasteiger partial charge in [-0.25, -0.2) is 0 Å². The van der Waals surface area contributed by atoms with E-state index in [9.17, 15) is 10.2 Å². The lowest BCUT2D eigenvalue weighted by Gasteiger charge is -2.50. The first-order valence-electron chi connectivity index (χ1n) is 19.0. The molecule has 41 heavy (non-hydrogen) atoms. The molecule has 0 amide bonds. The number of aliphatic hydroxyl groups is 2. The Hall–Kier alpha value is -0.0800. The van der Waals surface area contributed by atoms with Crippen LogP contribution in [0.1, 0.15) is 163 Å². The topological polar surface area (TPSA) is 40.5 Å². The molecule has 5 aliphatic rings. The minimum atomic E-state index is -0.0595. The molecule has 0 heterocycles. The summed E-state index contributed by atoms with van der Waals surface area (Å²) in [6.07, 6.45) is 26.6. The van der Waals surface area contributed by atoms with Crippen molar-refractivity contribution >= 4 is 0 Å². The Kier molecular flexibility index (Phi) is 11.3. The highest BCUT2D eigenvalue weighted by Gasteiger charge is 2.45. The van der Waals surface area contributed by atoms with Crippen molar-refractivity contribution in [1.29, 1.82) is 0 Å². The van der Waals surface area contributed by atoms with E-state index < -0.39 is 0 Å². The Morgan fingerprint density at radius 2 is 1.00 bits per heavy atom. The van der Waals surface area contributed by atoms with Gasteiger partial charge in [0, 0.05) is 0 Å². The molecule has 0 bridgehead atoms. The number of hydrogen-bond donors (Lipinski definition) is 2. The number of aliphatic hydroxyl groups excluding tert-OH is 2. The van der Waals surface area contributed by atoms with Crippen molar-refractivity contribution in [2.24, 2.45) is 70.5 Å². The second kappa shape index (κ2) is 14.3. The summed E-state index contributed by atoms with van der Waals surface area (Å²) in [4.78, 5) is 0. The first-order chi connectivity index (χ1) is 19.6. The third-order valence-electron chi connectivity index (χ3n) is 15.1. The van der Waals surface area contributed by atoms with Crippen molar-refractivity contribution in [3.8, 4) is 0 Å². The van der Waals surface area contributed by atoms with Crippen LogP contribution in [0.15, 0.2) is 0 Å². The Balaban J connectivity index is 1.27. The van der Waals surface area contributed by atoms with Crippen molar-refractivity contribution in [1.82, 2.24) is 0 Å². The molecular weight excluding hydrogens is 500 g/mol. The maximum Gasteiger partial charge on any atom is 0.0540 e. The fourth-order valence-corrected chi connectivity index (χ4v) is 11.7. The lowest BCUT2D eigenvalue weighted by molar-refractivity contribution is -0.0221. The highest BCUT2D eigenvalue weighted by atomic mass is 16.3. The summed E-state index contributed by atoms with van der Waals surface area (Å²) >= 11 is 0. The van der Waals surface area contributed by atoms with Crippen LogP contribution in [-0.2, 0) is 0 Å². The molecule has 5 fully saturated rings. The standard InChI is InChI=1S/C39H70O2/c1-26-9-11-32(23-28(26)3)38(33-12-10-27(2)29(4)24-33)31-8-6-7-30(25-31)21-22-39(5,34-13-17-36(40)18-14-34)35-15-19-37(41)20-16-35/h26-38,40-41H,6-25H2,1-5H3. The second-order valence-electron chi connectivity index (χ2n) is 17.5. The van der Waals surface area contributed by atoms with Crippen LogP contribution in [0.25, 0.3) is 0 Å². The average molecular weight is 571 g/mol. The van der Waals surface area contributed by atoms with Crippen molar-refractivity contribution < 1.29 is 10.2 Å². The Labute approximate surface area is 255 Å². The normalized spacial score (nSPS) is 46.9. The summed E-state index contributed by atoms with van der Waals surface area (Å²) in [6, 6.07) is 0. The summed E-state index contributed by atoms with van der Waals surface area (Å²) in [5.74, 6) is 10.1. The number of rotatable bonds is 8. The van der Waals surface area contributed by atoms with Crippen LogP contribution >= 0.6 is 0 Å². The third kappa shape index (κ3) is 7.78. The van der Waals surface area contributed by atoms with Crippen LogP contribution in [0.2, 0.25) is 0 Å². The van der Waals surface area contributed by atoms with Gasteiger partial charge in [-0.3, -0.25) is 0 Å². The molecule has 0 aromatic rings. The molecule has 0 spiro atoms. The van der Waals surface area contributed by atoms with Crippen molar-refractivity contribution in [2.75, 3.05) is 0 Å². The van der Waals surface area contributed by atoms with Crippen molar-refractivity contribution in [2.45, 2.75) is 175 Å². The highest BCUT2D eigenvalue weighted by molar-refractivity contribution is 4.96. The van der Waals surface area contributed by atoms with E-state index in [2.05, 4.69) is 34.6 Å². The molecule has 2 nitrogen and oxygen atoms in total. The minimum absolute atomic E-state index is 0.0595. The van der Waals surface area contributed by atoms with E-state index in [-0.39, 0.29) is 12.2 Å². The van der Waals surface area contributed by atoms with Gasteiger partial charge in [-0.1, -0.05) is 66.7 Å². The van der Waals surface area contributed by atoms with E-state index in [4.69, 9.17) is 0 Å². The maximum absolute atomic E-state index is 10.3. The summed E-state index contributed by atoms with van der Waals surface area (Å²) in [7, 11) is 0.